The minimum atomic E-state index is -0.120. The van der Waals surface area contributed by atoms with Crippen LogP contribution in [-0.2, 0) is 6.54 Å². The first kappa shape index (κ1) is 18.8. The number of amides is 1. The van der Waals surface area contributed by atoms with E-state index in [-0.39, 0.29) is 5.91 Å². The third-order valence-electron chi connectivity index (χ3n) is 4.56. The molecule has 0 saturated heterocycles. The molecule has 29 heavy (non-hydrogen) atoms. The van der Waals surface area contributed by atoms with Gasteiger partial charge in [0.2, 0.25) is 0 Å². The molecule has 0 aliphatic rings. The monoisotopic (exact) mass is 399 g/mol. The number of carbonyl (C=O) groups excluding carboxylic acids is 1. The van der Waals surface area contributed by atoms with Crippen molar-refractivity contribution >= 4 is 17.5 Å². The summed E-state index contributed by atoms with van der Waals surface area (Å²) in [5.41, 5.74) is 5.47. The molecule has 2 aromatic heterocycles. The van der Waals surface area contributed by atoms with E-state index in [4.69, 9.17) is 11.6 Å². The van der Waals surface area contributed by atoms with Crippen molar-refractivity contribution in [2.24, 2.45) is 0 Å². The number of halogens is 1. The summed E-state index contributed by atoms with van der Waals surface area (Å²) in [5, 5.41) is 3.65. The maximum Gasteiger partial charge on any atom is 0.251 e. The van der Waals surface area contributed by atoms with Gasteiger partial charge in [-0.05, 0) is 65.2 Å². The van der Waals surface area contributed by atoms with Crippen LogP contribution in [0.2, 0.25) is 5.02 Å². The Bertz CT molecular complexity index is 1130. The summed E-state index contributed by atoms with van der Waals surface area (Å²) < 4.78 is 0. The number of rotatable bonds is 5. The zero-order valence-electron chi connectivity index (χ0n) is 15.5. The van der Waals surface area contributed by atoms with Gasteiger partial charge in [0.1, 0.15) is 0 Å². The third-order valence-corrected chi connectivity index (χ3v) is 4.79. The van der Waals surface area contributed by atoms with Crippen LogP contribution in [0.5, 0.6) is 0 Å². The molecule has 0 bridgehead atoms. The molecule has 0 spiro atoms. The minimum Gasteiger partial charge on any atom is -0.348 e. The lowest BCUT2D eigenvalue weighted by Crippen LogP contribution is -2.22. The first-order valence-corrected chi connectivity index (χ1v) is 9.56. The van der Waals surface area contributed by atoms with Gasteiger partial charge in [-0.3, -0.25) is 14.8 Å². The van der Waals surface area contributed by atoms with Gasteiger partial charge in [-0.2, -0.15) is 0 Å². The first-order valence-electron chi connectivity index (χ1n) is 9.18. The van der Waals surface area contributed by atoms with E-state index in [9.17, 15) is 4.79 Å². The molecule has 4 aromatic rings. The fraction of sp³-hybridized carbons (Fsp3) is 0.0417. The number of nitrogens with zero attached hydrogens (tertiary/aromatic N) is 2. The van der Waals surface area contributed by atoms with Gasteiger partial charge in [0, 0.05) is 41.3 Å². The van der Waals surface area contributed by atoms with Crippen molar-refractivity contribution in [2.45, 2.75) is 6.54 Å². The van der Waals surface area contributed by atoms with Crippen LogP contribution in [0.15, 0.2) is 91.4 Å². The van der Waals surface area contributed by atoms with E-state index in [1.54, 1.807) is 18.6 Å². The van der Waals surface area contributed by atoms with Crippen LogP contribution < -0.4 is 5.32 Å². The average molecular weight is 400 g/mol. The Hall–Kier alpha value is -3.50. The van der Waals surface area contributed by atoms with Gasteiger partial charge in [0.05, 0.1) is 5.69 Å². The summed E-state index contributed by atoms with van der Waals surface area (Å²) in [4.78, 5) is 20.9. The normalized spacial score (nSPS) is 10.5. The van der Waals surface area contributed by atoms with Crippen LogP contribution in [0, 0.1) is 0 Å². The highest BCUT2D eigenvalue weighted by molar-refractivity contribution is 6.30. The number of aromatic nitrogens is 2. The summed E-state index contributed by atoms with van der Waals surface area (Å²) in [7, 11) is 0. The van der Waals surface area contributed by atoms with Crippen molar-refractivity contribution in [1.82, 2.24) is 15.3 Å². The molecule has 2 aromatic carbocycles. The Morgan fingerprint density at radius 3 is 2.38 bits per heavy atom. The molecule has 0 fully saturated rings. The molecule has 0 atom stereocenters. The third kappa shape index (κ3) is 4.68. The standard InChI is InChI=1S/C24H18ClN3O/c25-22-3-1-2-21(15-22)18-4-6-20(7-5-18)24(29)28-16-17-8-13-27-23(14-17)19-9-11-26-12-10-19/h1-15H,16H2,(H,28,29). The number of pyridine rings is 2. The number of hydrogen-bond acceptors (Lipinski definition) is 3. The van der Waals surface area contributed by atoms with Crippen molar-refractivity contribution in [3.63, 3.8) is 0 Å². The van der Waals surface area contributed by atoms with Crippen LogP contribution in [-0.4, -0.2) is 15.9 Å². The second-order valence-corrected chi connectivity index (χ2v) is 6.99. The highest BCUT2D eigenvalue weighted by Gasteiger charge is 2.07. The second-order valence-electron chi connectivity index (χ2n) is 6.56. The minimum absolute atomic E-state index is 0.120. The Morgan fingerprint density at radius 1 is 0.828 bits per heavy atom. The van der Waals surface area contributed by atoms with Crippen molar-refractivity contribution in [3.05, 3.63) is 108 Å². The average Bonchev–Trinajstić information content (AvgIpc) is 2.78. The lowest BCUT2D eigenvalue weighted by Gasteiger charge is -2.08. The summed E-state index contributed by atoms with van der Waals surface area (Å²) in [6, 6.07) is 22.8. The molecule has 4 nitrogen and oxygen atoms in total. The number of hydrogen-bond donors (Lipinski definition) is 1. The summed E-state index contributed by atoms with van der Waals surface area (Å²) >= 11 is 6.05. The molecular weight excluding hydrogens is 382 g/mol. The predicted molar refractivity (Wildman–Crippen MR) is 116 cm³/mol. The molecule has 0 aliphatic carbocycles. The van der Waals surface area contributed by atoms with Crippen molar-refractivity contribution < 1.29 is 4.79 Å². The van der Waals surface area contributed by atoms with E-state index in [0.717, 1.165) is 27.9 Å². The lowest BCUT2D eigenvalue weighted by atomic mass is 10.0. The van der Waals surface area contributed by atoms with E-state index in [2.05, 4.69) is 15.3 Å². The van der Waals surface area contributed by atoms with Crippen LogP contribution in [0.4, 0.5) is 0 Å². The van der Waals surface area contributed by atoms with Crippen molar-refractivity contribution in [1.29, 1.82) is 0 Å². The topological polar surface area (TPSA) is 54.9 Å². The predicted octanol–water partition coefficient (Wildman–Crippen LogP) is 5.39. The summed E-state index contributed by atoms with van der Waals surface area (Å²) in [6.45, 7) is 0.426. The maximum atomic E-state index is 12.5. The van der Waals surface area contributed by atoms with Gasteiger partial charge in [0.25, 0.3) is 5.91 Å². The molecular formula is C24H18ClN3O. The van der Waals surface area contributed by atoms with Crippen LogP contribution in [0.25, 0.3) is 22.4 Å². The molecule has 0 unspecified atom stereocenters. The fourth-order valence-corrected chi connectivity index (χ4v) is 3.22. The van der Waals surface area contributed by atoms with Gasteiger partial charge in [-0.25, -0.2) is 0 Å². The zero-order valence-corrected chi connectivity index (χ0v) is 16.3. The zero-order chi connectivity index (χ0) is 20.1. The summed E-state index contributed by atoms with van der Waals surface area (Å²) in [6.07, 6.45) is 5.22. The molecule has 142 valence electrons. The molecule has 0 radical (unpaired) electrons. The van der Waals surface area contributed by atoms with Crippen molar-refractivity contribution in [2.75, 3.05) is 0 Å². The molecule has 5 heteroatoms. The van der Waals surface area contributed by atoms with Crippen LogP contribution in [0.3, 0.4) is 0 Å². The smallest absolute Gasteiger partial charge is 0.251 e. The van der Waals surface area contributed by atoms with Gasteiger partial charge in [0.15, 0.2) is 0 Å². The fourth-order valence-electron chi connectivity index (χ4n) is 3.03. The highest BCUT2D eigenvalue weighted by atomic mass is 35.5. The largest absolute Gasteiger partial charge is 0.348 e. The van der Waals surface area contributed by atoms with E-state index >= 15 is 0 Å². The quantitative estimate of drug-likeness (QED) is 0.489. The Labute approximate surface area is 174 Å². The Kier molecular flexibility index (Phi) is 5.63. The van der Waals surface area contributed by atoms with E-state index in [1.165, 1.54) is 0 Å². The Morgan fingerprint density at radius 2 is 1.62 bits per heavy atom. The number of carbonyl (C=O) groups is 1. The first-order chi connectivity index (χ1) is 14.2. The SMILES string of the molecule is O=C(NCc1ccnc(-c2ccncc2)c1)c1ccc(-c2cccc(Cl)c2)cc1. The highest BCUT2D eigenvalue weighted by Crippen LogP contribution is 2.23. The van der Waals surface area contributed by atoms with Crippen LogP contribution in [0.1, 0.15) is 15.9 Å². The second kappa shape index (κ2) is 8.67. The van der Waals surface area contributed by atoms with Gasteiger partial charge >= 0.3 is 0 Å². The molecule has 1 amide bonds. The van der Waals surface area contributed by atoms with Crippen molar-refractivity contribution in [3.8, 4) is 22.4 Å². The number of benzene rings is 2. The molecule has 1 N–H and O–H groups in total. The molecule has 0 aliphatic heterocycles. The van der Waals surface area contributed by atoms with E-state index in [1.807, 2.05) is 72.8 Å². The Balaban J connectivity index is 1.42. The van der Waals surface area contributed by atoms with E-state index < -0.39 is 0 Å². The van der Waals surface area contributed by atoms with Crippen LogP contribution >= 0.6 is 11.6 Å². The molecule has 4 rings (SSSR count). The molecule has 0 saturated carbocycles. The van der Waals surface area contributed by atoms with Gasteiger partial charge in [-0.1, -0.05) is 35.9 Å². The van der Waals surface area contributed by atoms with Gasteiger partial charge in [-0.15, -0.1) is 0 Å². The van der Waals surface area contributed by atoms with E-state index in [0.29, 0.717) is 17.1 Å². The summed E-state index contributed by atoms with van der Waals surface area (Å²) in [5.74, 6) is -0.120. The van der Waals surface area contributed by atoms with Gasteiger partial charge < -0.3 is 5.32 Å². The molecule has 2 heterocycles. The maximum absolute atomic E-state index is 12.5. The lowest BCUT2D eigenvalue weighted by molar-refractivity contribution is 0.0951. The number of nitrogens with one attached hydrogen (secondary N) is 1.